The molecule has 0 aromatic rings. The molecule has 0 unspecified atom stereocenters. The Bertz CT molecular complexity index is 174. The maximum atomic E-state index is 9.91. The van der Waals surface area contributed by atoms with Crippen LogP contribution >= 0.6 is 0 Å². The van der Waals surface area contributed by atoms with Crippen molar-refractivity contribution in [2.45, 2.75) is 6.42 Å². The van der Waals surface area contributed by atoms with Crippen LogP contribution in [0, 0.1) is 0 Å². The SMILES string of the molecule is O=C(O)CC(/C=N/O)=N/O. The molecule has 0 fully saturated rings. The second-order valence-electron chi connectivity index (χ2n) is 1.41. The number of rotatable bonds is 3. The highest BCUT2D eigenvalue weighted by Gasteiger charge is 2.02. The molecule has 0 saturated heterocycles. The van der Waals surface area contributed by atoms with Gasteiger partial charge in [0.15, 0.2) is 0 Å². The lowest BCUT2D eigenvalue weighted by atomic mass is 10.3. The molecule has 0 spiro atoms. The van der Waals surface area contributed by atoms with Crippen molar-refractivity contribution in [3.05, 3.63) is 0 Å². The lowest BCUT2D eigenvalue weighted by Crippen LogP contribution is -2.07. The fourth-order valence-electron chi connectivity index (χ4n) is 0.328. The standard InChI is InChI=1S/C4H6N2O4/c7-4(8)1-3(6-10)2-5-9/h2,9-10H,1H2,(H,7,8)/b5-2+,6-3-. The smallest absolute Gasteiger partial charge is 0.309 e. The van der Waals surface area contributed by atoms with Crippen molar-refractivity contribution in [1.82, 2.24) is 0 Å². The minimum atomic E-state index is -1.16. The first-order valence-electron chi connectivity index (χ1n) is 2.31. The van der Waals surface area contributed by atoms with Gasteiger partial charge in [-0.1, -0.05) is 10.3 Å². The molecule has 0 amide bonds. The number of carboxylic acid groups (broad SMARTS) is 1. The summed E-state index contributed by atoms with van der Waals surface area (Å²) in [6, 6.07) is 0. The molecule has 10 heavy (non-hydrogen) atoms. The Morgan fingerprint density at radius 2 is 2.10 bits per heavy atom. The summed E-state index contributed by atoms with van der Waals surface area (Å²) in [5, 5.41) is 29.0. The van der Waals surface area contributed by atoms with E-state index in [1.54, 1.807) is 0 Å². The third-order valence-electron chi connectivity index (χ3n) is 0.668. The summed E-state index contributed by atoms with van der Waals surface area (Å²) in [6.45, 7) is 0. The molecule has 0 radical (unpaired) electrons. The van der Waals surface area contributed by atoms with Crippen LogP contribution in [0.4, 0.5) is 0 Å². The van der Waals surface area contributed by atoms with Gasteiger partial charge in [-0.25, -0.2) is 0 Å². The number of hydrogen-bond donors (Lipinski definition) is 3. The zero-order valence-corrected chi connectivity index (χ0v) is 4.93. The van der Waals surface area contributed by atoms with Crippen molar-refractivity contribution in [2.24, 2.45) is 10.3 Å². The van der Waals surface area contributed by atoms with Gasteiger partial charge in [-0.15, -0.1) is 0 Å². The average Bonchev–Trinajstić information content (AvgIpc) is 1.86. The Labute approximate surface area is 56.1 Å². The van der Waals surface area contributed by atoms with E-state index in [1.807, 2.05) is 0 Å². The minimum Gasteiger partial charge on any atom is -0.481 e. The fourth-order valence-corrected chi connectivity index (χ4v) is 0.328. The second-order valence-corrected chi connectivity index (χ2v) is 1.41. The highest BCUT2D eigenvalue weighted by atomic mass is 16.4. The average molecular weight is 146 g/mol. The Hall–Kier alpha value is -1.59. The normalized spacial score (nSPS) is 12.2. The van der Waals surface area contributed by atoms with Gasteiger partial charge < -0.3 is 15.5 Å². The number of hydrogen-bond acceptors (Lipinski definition) is 5. The van der Waals surface area contributed by atoms with Crippen molar-refractivity contribution in [3.63, 3.8) is 0 Å². The van der Waals surface area contributed by atoms with E-state index in [4.69, 9.17) is 15.5 Å². The second kappa shape index (κ2) is 4.30. The summed E-state index contributed by atoms with van der Waals surface area (Å²) in [5.74, 6) is -1.16. The predicted molar refractivity (Wildman–Crippen MR) is 31.8 cm³/mol. The third-order valence-corrected chi connectivity index (χ3v) is 0.668. The summed E-state index contributed by atoms with van der Waals surface area (Å²) in [6.07, 6.45) is 0.272. The Morgan fingerprint density at radius 1 is 1.50 bits per heavy atom. The number of carboxylic acids is 1. The van der Waals surface area contributed by atoms with E-state index in [0.29, 0.717) is 0 Å². The molecule has 6 heteroatoms. The number of nitrogens with zero attached hydrogens (tertiary/aromatic N) is 2. The van der Waals surface area contributed by atoms with Gasteiger partial charge in [0, 0.05) is 0 Å². The quantitative estimate of drug-likeness (QED) is 0.290. The zero-order valence-electron chi connectivity index (χ0n) is 4.93. The molecule has 3 N–H and O–H groups in total. The van der Waals surface area contributed by atoms with Crippen molar-refractivity contribution in [3.8, 4) is 0 Å². The monoisotopic (exact) mass is 146 g/mol. The molecular formula is C4H6N2O4. The molecule has 0 aliphatic heterocycles. The van der Waals surface area contributed by atoms with Gasteiger partial charge in [-0.05, 0) is 0 Å². The van der Waals surface area contributed by atoms with E-state index in [2.05, 4.69) is 10.3 Å². The van der Waals surface area contributed by atoms with E-state index >= 15 is 0 Å². The molecular weight excluding hydrogens is 140 g/mol. The van der Waals surface area contributed by atoms with Crippen molar-refractivity contribution in [2.75, 3.05) is 0 Å². The van der Waals surface area contributed by atoms with Gasteiger partial charge >= 0.3 is 5.97 Å². The number of carbonyl (C=O) groups is 1. The maximum absolute atomic E-state index is 9.91. The first-order chi connectivity index (χ1) is 4.70. The maximum Gasteiger partial charge on any atom is 0.309 e. The van der Waals surface area contributed by atoms with Crippen LogP contribution in [0.2, 0.25) is 0 Å². The van der Waals surface area contributed by atoms with Gasteiger partial charge in [0.25, 0.3) is 0 Å². The van der Waals surface area contributed by atoms with Gasteiger partial charge in [-0.2, -0.15) is 0 Å². The first-order valence-corrected chi connectivity index (χ1v) is 2.31. The topological polar surface area (TPSA) is 102 Å². The molecule has 0 saturated carbocycles. The summed E-state index contributed by atoms with van der Waals surface area (Å²) in [4.78, 5) is 9.91. The van der Waals surface area contributed by atoms with E-state index in [1.165, 1.54) is 0 Å². The van der Waals surface area contributed by atoms with Crippen LogP contribution in [0.25, 0.3) is 0 Å². The van der Waals surface area contributed by atoms with E-state index < -0.39 is 12.4 Å². The summed E-state index contributed by atoms with van der Waals surface area (Å²) in [7, 11) is 0. The van der Waals surface area contributed by atoms with Crippen LogP contribution in [0.15, 0.2) is 10.3 Å². The van der Waals surface area contributed by atoms with Gasteiger partial charge in [-0.3, -0.25) is 4.79 Å². The van der Waals surface area contributed by atoms with Crippen LogP contribution in [0.5, 0.6) is 0 Å². The highest BCUT2D eigenvalue weighted by molar-refractivity contribution is 6.33. The van der Waals surface area contributed by atoms with Gasteiger partial charge in [0.05, 0.1) is 12.6 Å². The van der Waals surface area contributed by atoms with Crippen LogP contribution in [-0.4, -0.2) is 33.4 Å². The molecule has 0 aliphatic carbocycles. The Kier molecular flexibility index (Phi) is 3.62. The molecule has 56 valence electrons. The number of aliphatic carboxylic acids is 1. The third kappa shape index (κ3) is 3.42. The molecule has 0 aliphatic rings. The molecule has 0 rings (SSSR count). The summed E-state index contributed by atoms with van der Waals surface area (Å²) >= 11 is 0. The van der Waals surface area contributed by atoms with Gasteiger partial charge in [0.1, 0.15) is 5.71 Å². The molecule has 0 heterocycles. The fraction of sp³-hybridized carbons (Fsp3) is 0.250. The van der Waals surface area contributed by atoms with Crippen LogP contribution in [0.3, 0.4) is 0 Å². The summed E-state index contributed by atoms with van der Waals surface area (Å²) < 4.78 is 0. The van der Waals surface area contributed by atoms with E-state index in [0.717, 1.165) is 6.21 Å². The van der Waals surface area contributed by atoms with Gasteiger partial charge in [0.2, 0.25) is 0 Å². The van der Waals surface area contributed by atoms with Crippen molar-refractivity contribution < 1.29 is 20.3 Å². The molecule has 0 aromatic heterocycles. The highest BCUT2D eigenvalue weighted by Crippen LogP contribution is 1.82. The van der Waals surface area contributed by atoms with Crippen molar-refractivity contribution in [1.29, 1.82) is 0 Å². The molecule has 0 atom stereocenters. The van der Waals surface area contributed by atoms with E-state index in [9.17, 15) is 4.79 Å². The Balaban J connectivity index is 3.98. The predicted octanol–water partition coefficient (Wildman–Crippen LogP) is -0.249. The van der Waals surface area contributed by atoms with E-state index in [-0.39, 0.29) is 5.71 Å². The largest absolute Gasteiger partial charge is 0.481 e. The summed E-state index contributed by atoms with van der Waals surface area (Å²) in [5.41, 5.74) is -0.213. The first kappa shape index (κ1) is 8.41. The van der Waals surface area contributed by atoms with Crippen LogP contribution < -0.4 is 0 Å². The zero-order chi connectivity index (χ0) is 7.98. The van der Waals surface area contributed by atoms with Crippen LogP contribution in [-0.2, 0) is 4.79 Å². The molecule has 6 nitrogen and oxygen atoms in total. The Morgan fingerprint density at radius 3 is 2.40 bits per heavy atom. The minimum absolute atomic E-state index is 0.213. The lowest BCUT2D eigenvalue weighted by Gasteiger charge is -1.88. The van der Waals surface area contributed by atoms with Crippen molar-refractivity contribution >= 4 is 17.9 Å². The molecule has 0 aromatic carbocycles. The van der Waals surface area contributed by atoms with Crippen LogP contribution in [0.1, 0.15) is 6.42 Å². The number of oxime groups is 2. The lowest BCUT2D eigenvalue weighted by molar-refractivity contribution is -0.135. The molecule has 0 bridgehead atoms.